The van der Waals surface area contributed by atoms with E-state index in [4.69, 9.17) is 16.3 Å². The maximum atomic E-state index is 13.2. The molecule has 1 aliphatic rings. The molecule has 0 fully saturated rings. The predicted molar refractivity (Wildman–Crippen MR) is 112 cm³/mol. The van der Waals surface area contributed by atoms with Crippen molar-refractivity contribution in [3.8, 4) is 11.6 Å². The van der Waals surface area contributed by atoms with E-state index in [-0.39, 0.29) is 29.8 Å². The van der Waals surface area contributed by atoms with Crippen molar-refractivity contribution in [2.24, 2.45) is 0 Å². The molecule has 1 aliphatic heterocycles. The number of hydrogen-bond donors (Lipinski definition) is 1. The molecule has 3 aromatic rings. The lowest BCUT2D eigenvalue weighted by molar-refractivity contribution is -0.114. The predicted octanol–water partition coefficient (Wildman–Crippen LogP) is 4.69. The molecule has 6 nitrogen and oxygen atoms in total. The number of carbonyl (C=O) groups is 2. The minimum Gasteiger partial charge on any atom is -0.436 e. The van der Waals surface area contributed by atoms with E-state index >= 15 is 0 Å². The van der Waals surface area contributed by atoms with Crippen LogP contribution < -0.4 is 15.0 Å². The lowest BCUT2D eigenvalue weighted by Crippen LogP contribution is -2.37. The molecule has 0 saturated carbocycles. The molecule has 0 saturated heterocycles. The molecule has 2 amide bonds. The van der Waals surface area contributed by atoms with Crippen molar-refractivity contribution in [1.29, 1.82) is 0 Å². The second kappa shape index (κ2) is 7.93. The van der Waals surface area contributed by atoms with E-state index in [0.717, 1.165) is 12.0 Å². The smallest absolute Gasteiger partial charge is 0.264 e. The zero-order valence-electron chi connectivity index (χ0n) is 15.7. The molecule has 4 rings (SSSR count). The number of anilines is 2. The van der Waals surface area contributed by atoms with Gasteiger partial charge in [-0.1, -0.05) is 30.7 Å². The molecule has 2 heterocycles. The molecule has 0 atom stereocenters. The fraction of sp³-hybridized carbons (Fsp3) is 0.136. The number of pyridine rings is 1. The van der Waals surface area contributed by atoms with Crippen LogP contribution in [0.4, 0.5) is 11.4 Å². The summed E-state index contributed by atoms with van der Waals surface area (Å²) in [6, 6.07) is 15.8. The fourth-order valence-corrected chi connectivity index (χ4v) is 3.32. The standard InChI is InChI=1S/C22H18ClN3O3/c1-2-14-5-3-6-16(11-14)25-20(27)13-26-18-12-15(23)8-9-19(18)29-21-17(22(26)28)7-4-10-24-21/h3-12H,2,13H2,1H3,(H,25,27). The van der Waals surface area contributed by atoms with E-state index in [9.17, 15) is 9.59 Å². The van der Waals surface area contributed by atoms with Gasteiger partial charge < -0.3 is 10.1 Å². The monoisotopic (exact) mass is 407 g/mol. The molecule has 1 aromatic heterocycles. The number of benzene rings is 2. The fourth-order valence-electron chi connectivity index (χ4n) is 3.15. The third-order valence-corrected chi connectivity index (χ3v) is 4.82. The minimum absolute atomic E-state index is 0.194. The summed E-state index contributed by atoms with van der Waals surface area (Å²) in [6.07, 6.45) is 2.41. The van der Waals surface area contributed by atoms with Gasteiger partial charge in [-0.3, -0.25) is 14.5 Å². The highest BCUT2D eigenvalue weighted by atomic mass is 35.5. The maximum absolute atomic E-state index is 13.2. The van der Waals surface area contributed by atoms with Crippen LogP contribution in [0, 0.1) is 0 Å². The van der Waals surface area contributed by atoms with Crippen molar-refractivity contribution >= 4 is 34.8 Å². The number of nitrogens with one attached hydrogen (secondary N) is 1. The van der Waals surface area contributed by atoms with Gasteiger partial charge in [-0.15, -0.1) is 0 Å². The van der Waals surface area contributed by atoms with Crippen LogP contribution in [0.1, 0.15) is 22.8 Å². The number of ether oxygens (including phenoxy) is 1. The largest absolute Gasteiger partial charge is 0.436 e. The molecular formula is C22H18ClN3O3. The Morgan fingerprint density at radius 2 is 2.03 bits per heavy atom. The number of halogens is 1. The van der Waals surface area contributed by atoms with Gasteiger partial charge >= 0.3 is 0 Å². The van der Waals surface area contributed by atoms with Gasteiger partial charge in [0, 0.05) is 16.9 Å². The Hall–Kier alpha value is -3.38. The zero-order chi connectivity index (χ0) is 20.4. The van der Waals surface area contributed by atoms with E-state index in [0.29, 0.717) is 22.1 Å². The Balaban J connectivity index is 1.66. The van der Waals surface area contributed by atoms with Gasteiger partial charge in [0.1, 0.15) is 12.1 Å². The van der Waals surface area contributed by atoms with Crippen molar-refractivity contribution in [3.05, 3.63) is 76.9 Å². The Morgan fingerprint density at radius 3 is 2.86 bits per heavy atom. The first-order valence-corrected chi connectivity index (χ1v) is 9.56. The van der Waals surface area contributed by atoms with E-state index in [1.807, 2.05) is 31.2 Å². The first-order valence-electron chi connectivity index (χ1n) is 9.18. The first kappa shape index (κ1) is 19.0. The highest BCUT2D eigenvalue weighted by Gasteiger charge is 2.30. The van der Waals surface area contributed by atoms with Crippen LogP contribution in [0.25, 0.3) is 0 Å². The van der Waals surface area contributed by atoms with Crippen LogP contribution in [0.3, 0.4) is 0 Å². The third-order valence-electron chi connectivity index (χ3n) is 4.59. The van der Waals surface area contributed by atoms with Crippen molar-refractivity contribution < 1.29 is 14.3 Å². The molecule has 0 spiro atoms. The molecule has 0 aliphatic carbocycles. The molecule has 146 valence electrons. The molecular weight excluding hydrogens is 390 g/mol. The number of fused-ring (bicyclic) bond motifs is 2. The Morgan fingerprint density at radius 1 is 1.17 bits per heavy atom. The molecule has 0 bridgehead atoms. The van der Waals surface area contributed by atoms with Gasteiger partial charge in [0.05, 0.1) is 5.69 Å². The third kappa shape index (κ3) is 3.93. The summed E-state index contributed by atoms with van der Waals surface area (Å²) < 4.78 is 5.82. The topological polar surface area (TPSA) is 71.5 Å². The highest BCUT2D eigenvalue weighted by Crippen LogP contribution is 2.39. The minimum atomic E-state index is -0.383. The summed E-state index contributed by atoms with van der Waals surface area (Å²) in [7, 11) is 0. The Labute approximate surface area is 173 Å². The lowest BCUT2D eigenvalue weighted by Gasteiger charge is -2.21. The van der Waals surface area contributed by atoms with Gasteiger partial charge in [-0.05, 0) is 54.4 Å². The molecule has 0 radical (unpaired) electrons. The Kier molecular flexibility index (Phi) is 5.18. The van der Waals surface area contributed by atoms with Gasteiger partial charge in [0.25, 0.3) is 5.91 Å². The average Bonchev–Trinajstić information content (AvgIpc) is 2.83. The summed E-state index contributed by atoms with van der Waals surface area (Å²) in [5, 5.41) is 3.28. The van der Waals surface area contributed by atoms with E-state index in [2.05, 4.69) is 10.3 Å². The SMILES string of the molecule is CCc1cccc(NC(=O)CN2C(=O)c3cccnc3Oc3ccc(Cl)cc32)c1. The van der Waals surface area contributed by atoms with E-state index in [1.165, 1.54) is 4.90 Å². The zero-order valence-corrected chi connectivity index (χ0v) is 16.4. The summed E-state index contributed by atoms with van der Waals surface area (Å²) in [4.78, 5) is 31.4. The Bertz CT molecular complexity index is 1100. The van der Waals surface area contributed by atoms with Crippen LogP contribution in [-0.2, 0) is 11.2 Å². The second-order valence-corrected chi connectivity index (χ2v) is 7.00. The van der Waals surface area contributed by atoms with Gasteiger partial charge in [-0.2, -0.15) is 0 Å². The van der Waals surface area contributed by atoms with E-state index < -0.39 is 0 Å². The van der Waals surface area contributed by atoms with Crippen LogP contribution in [0.15, 0.2) is 60.8 Å². The van der Waals surface area contributed by atoms with Crippen molar-refractivity contribution in [1.82, 2.24) is 4.98 Å². The summed E-state index contributed by atoms with van der Waals surface area (Å²) in [6.45, 7) is 1.85. The second-order valence-electron chi connectivity index (χ2n) is 6.56. The normalized spacial score (nSPS) is 12.5. The molecule has 2 aromatic carbocycles. The van der Waals surface area contributed by atoms with Crippen molar-refractivity contribution in [2.45, 2.75) is 13.3 Å². The summed E-state index contributed by atoms with van der Waals surface area (Å²) >= 11 is 6.14. The lowest BCUT2D eigenvalue weighted by atomic mass is 10.1. The van der Waals surface area contributed by atoms with Crippen LogP contribution in [0.2, 0.25) is 5.02 Å². The highest BCUT2D eigenvalue weighted by molar-refractivity contribution is 6.31. The number of rotatable bonds is 4. The van der Waals surface area contributed by atoms with Crippen LogP contribution in [-0.4, -0.2) is 23.3 Å². The number of aromatic nitrogens is 1. The number of aryl methyl sites for hydroxylation is 1. The summed E-state index contributed by atoms with van der Waals surface area (Å²) in [5.74, 6) is -0.114. The quantitative estimate of drug-likeness (QED) is 0.681. The van der Waals surface area contributed by atoms with E-state index in [1.54, 1.807) is 36.5 Å². The molecule has 7 heteroatoms. The van der Waals surface area contributed by atoms with Crippen LogP contribution >= 0.6 is 11.6 Å². The van der Waals surface area contributed by atoms with Crippen LogP contribution in [0.5, 0.6) is 11.6 Å². The van der Waals surface area contributed by atoms with Gasteiger partial charge in [-0.25, -0.2) is 4.98 Å². The summed E-state index contributed by atoms with van der Waals surface area (Å²) in [5.41, 5.74) is 2.49. The molecule has 29 heavy (non-hydrogen) atoms. The van der Waals surface area contributed by atoms with Crippen molar-refractivity contribution in [2.75, 3.05) is 16.8 Å². The van der Waals surface area contributed by atoms with Gasteiger partial charge in [0.2, 0.25) is 11.8 Å². The number of hydrogen-bond acceptors (Lipinski definition) is 4. The maximum Gasteiger partial charge on any atom is 0.264 e. The number of nitrogens with zero attached hydrogens (tertiary/aromatic N) is 2. The average molecular weight is 408 g/mol. The number of carbonyl (C=O) groups excluding carboxylic acids is 2. The molecule has 0 unspecified atom stereocenters. The van der Waals surface area contributed by atoms with Gasteiger partial charge in [0.15, 0.2) is 5.75 Å². The first-order chi connectivity index (χ1) is 14.0. The van der Waals surface area contributed by atoms with Crippen molar-refractivity contribution in [3.63, 3.8) is 0 Å². The molecule has 1 N–H and O–H groups in total. The number of amides is 2.